The third-order valence-electron chi connectivity index (χ3n) is 2.20. The van der Waals surface area contributed by atoms with Gasteiger partial charge < -0.3 is 4.74 Å². The molecule has 0 aromatic rings. The number of ether oxygens (including phenoxy) is 1. The van der Waals surface area contributed by atoms with Crippen molar-refractivity contribution in [3.05, 3.63) is 0 Å². The highest BCUT2D eigenvalue weighted by molar-refractivity contribution is 5.75. The maximum Gasteiger partial charge on any atom is 0.323 e. The SMILES string of the molecule is CCCN(CCC)C(C)C(=O)OCC. The molecule has 0 spiro atoms. The predicted molar refractivity (Wildman–Crippen MR) is 58.3 cm³/mol. The lowest BCUT2D eigenvalue weighted by molar-refractivity contribution is -0.148. The van der Waals surface area contributed by atoms with Crippen molar-refractivity contribution in [2.75, 3.05) is 19.7 Å². The number of nitrogens with zero attached hydrogens (tertiary/aromatic N) is 1. The van der Waals surface area contributed by atoms with Crippen LogP contribution >= 0.6 is 0 Å². The van der Waals surface area contributed by atoms with E-state index in [2.05, 4.69) is 18.7 Å². The molecule has 0 radical (unpaired) electrons. The summed E-state index contributed by atoms with van der Waals surface area (Å²) in [5.74, 6) is -0.102. The van der Waals surface area contributed by atoms with Gasteiger partial charge in [0.05, 0.1) is 6.61 Å². The van der Waals surface area contributed by atoms with E-state index in [1.165, 1.54) is 0 Å². The minimum Gasteiger partial charge on any atom is -0.465 e. The number of rotatable bonds is 7. The highest BCUT2D eigenvalue weighted by Crippen LogP contribution is 2.04. The van der Waals surface area contributed by atoms with Crippen LogP contribution in [0.5, 0.6) is 0 Å². The van der Waals surface area contributed by atoms with Crippen LogP contribution in [0.1, 0.15) is 40.5 Å². The summed E-state index contributed by atoms with van der Waals surface area (Å²) in [6, 6.07) is -0.102. The number of hydrogen-bond donors (Lipinski definition) is 0. The molecule has 0 aliphatic rings. The fraction of sp³-hybridized carbons (Fsp3) is 0.909. The van der Waals surface area contributed by atoms with Gasteiger partial charge in [-0.15, -0.1) is 0 Å². The lowest BCUT2D eigenvalue weighted by Gasteiger charge is -2.26. The summed E-state index contributed by atoms with van der Waals surface area (Å²) in [6.45, 7) is 10.4. The lowest BCUT2D eigenvalue weighted by Crippen LogP contribution is -2.41. The Labute approximate surface area is 87.4 Å². The Balaban J connectivity index is 4.11. The first-order chi connectivity index (χ1) is 6.67. The van der Waals surface area contributed by atoms with Crippen LogP contribution in [0, 0.1) is 0 Å². The third kappa shape index (κ3) is 4.61. The molecule has 0 aliphatic heterocycles. The molecule has 0 heterocycles. The van der Waals surface area contributed by atoms with Crippen molar-refractivity contribution in [1.29, 1.82) is 0 Å². The molecule has 0 aromatic heterocycles. The topological polar surface area (TPSA) is 29.5 Å². The van der Waals surface area contributed by atoms with Crippen LogP contribution in [0.3, 0.4) is 0 Å². The Morgan fingerprint density at radius 1 is 1.21 bits per heavy atom. The molecule has 0 aromatic carbocycles. The number of carbonyl (C=O) groups is 1. The molecule has 0 aliphatic carbocycles. The van der Waals surface area contributed by atoms with Gasteiger partial charge >= 0.3 is 5.97 Å². The molecule has 84 valence electrons. The molecule has 0 fully saturated rings. The van der Waals surface area contributed by atoms with Gasteiger partial charge in [0.25, 0.3) is 0 Å². The zero-order valence-corrected chi connectivity index (χ0v) is 9.88. The van der Waals surface area contributed by atoms with Crippen LogP contribution in [-0.2, 0) is 9.53 Å². The van der Waals surface area contributed by atoms with Gasteiger partial charge in [-0.05, 0) is 39.8 Å². The molecular weight excluding hydrogens is 178 g/mol. The van der Waals surface area contributed by atoms with Crippen LogP contribution in [0.4, 0.5) is 0 Å². The number of carbonyl (C=O) groups excluding carboxylic acids is 1. The Bertz CT molecular complexity index is 153. The molecule has 0 bridgehead atoms. The summed E-state index contributed by atoms with van der Waals surface area (Å²) in [7, 11) is 0. The monoisotopic (exact) mass is 201 g/mol. The average molecular weight is 201 g/mol. The number of esters is 1. The minimum atomic E-state index is -0.102. The van der Waals surface area contributed by atoms with Crippen LogP contribution in [-0.4, -0.2) is 36.6 Å². The summed E-state index contributed by atoms with van der Waals surface area (Å²) in [4.78, 5) is 13.6. The Hall–Kier alpha value is -0.570. The first-order valence-corrected chi connectivity index (χ1v) is 5.57. The van der Waals surface area contributed by atoms with Crippen molar-refractivity contribution in [3.8, 4) is 0 Å². The second kappa shape index (κ2) is 7.80. The van der Waals surface area contributed by atoms with Crippen LogP contribution in [0.2, 0.25) is 0 Å². The molecule has 1 unspecified atom stereocenters. The van der Waals surface area contributed by atoms with Gasteiger partial charge in [0.2, 0.25) is 0 Å². The smallest absolute Gasteiger partial charge is 0.323 e. The average Bonchev–Trinajstić information content (AvgIpc) is 2.17. The van der Waals surface area contributed by atoms with E-state index >= 15 is 0 Å². The zero-order valence-electron chi connectivity index (χ0n) is 9.88. The normalized spacial score (nSPS) is 12.9. The van der Waals surface area contributed by atoms with Gasteiger partial charge in [-0.2, -0.15) is 0 Å². The quantitative estimate of drug-likeness (QED) is 0.590. The Kier molecular flexibility index (Phi) is 7.48. The predicted octanol–water partition coefficient (Wildman–Crippen LogP) is 2.06. The maximum absolute atomic E-state index is 11.5. The zero-order chi connectivity index (χ0) is 11.0. The van der Waals surface area contributed by atoms with E-state index in [9.17, 15) is 4.79 Å². The van der Waals surface area contributed by atoms with Crippen molar-refractivity contribution in [2.24, 2.45) is 0 Å². The van der Waals surface area contributed by atoms with E-state index in [0.29, 0.717) is 6.61 Å². The van der Waals surface area contributed by atoms with E-state index in [0.717, 1.165) is 25.9 Å². The molecule has 3 nitrogen and oxygen atoms in total. The summed E-state index contributed by atoms with van der Waals surface area (Å²) >= 11 is 0. The van der Waals surface area contributed by atoms with Gasteiger partial charge in [-0.1, -0.05) is 13.8 Å². The lowest BCUT2D eigenvalue weighted by atomic mass is 10.2. The summed E-state index contributed by atoms with van der Waals surface area (Å²) in [5.41, 5.74) is 0. The van der Waals surface area contributed by atoms with E-state index in [1.54, 1.807) is 0 Å². The highest BCUT2D eigenvalue weighted by atomic mass is 16.5. The molecule has 1 atom stereocenters. The first-order valence-electron chi connectivity index (χ1n) is 5.57. The second-order valence-electron chi connectivity index (χ2n) is 3.46. The van der Waals surface area contributed by atoms with E-state index in [4.69, 9.17) is 4.74 Å². The van der Waals surface area contributed by atoms with Crippen molar-refractivity contribution >= 4 is 5.97 Å². The molecule has 0 saturated heterocycles. The van der Waals surface area contributed by atoms with E-state index in [1.807, 2.05) is 13.8 Å². The molecule has 0 rings (SSSR count). The van der Waals surface area contributed by atoms with Crippen molar-refractivity contribution in [2.45, 2.75) is 46.6 Å². The first kappa shape index (κ1) is 13.4. The minimum absolute atomic E-state index is 0.102. The molecule has 0 N–H and O–H groups in total. The highest BCUT2D eigenvalue weighted by Gasteiger charge is 2.20. The molecule has 0 saturated carbocycles. The van der Waals surface area contributed by atoms with E-state index in [-0.39, 0.29) is 12.0 Å². The summed E-state index contributed by atoms with van der Waals surface area (Å²) < 4.78 is 5.00. The van der Waals surface area contributed by atoms with Crippen LogP contribution in [0.15, 0.2) is 0 Å². The van der Waals surface area contributed by atoms with Gasteiger partial charge in [0.1, 0.15) is 6.04 Å². The summed E-state index contributed by atoms with van der Waals surface area (Å²) in [5, 5.41) is 0. The van der Waals surface area contributed by atoms with Crippen molar-refractivity contribution in [3.63, 3.8) is 0 Å². The maximum atomic E-state index is 11.5. The molecule has 14 heavy (non-hydrogen) atoms. The Morgan fingerprint density at radius 2 is 1.71 bits per heavy atom. The Morgan fingerprint density at radius 3 is 2.07 bits per heavy atom. The summed E-state index contributed by atoms with van der Waals surface area (Å²) in [6.07, 6.45) is 2.15. The second-order valence-corrected chi connectivity index (χ2v) is 3.46. The fourth-order valence-corrected chi connectivity index (χ4v) is 1.49. The van der Waals surface area contributed by atoms with Crippen molar-refractivity contribution < 1.29 is 9.53 Å². The van der Waals surface area contributed by atoms with Crippen LogP contribution < -0.4 is 0 Å². The van der Waals surface area contributed by atoms with Gasteiger partial charge in [0, 0.05) is 0 Å². The van der Waals surface area contributed by atoms with Gasteiger partial charge in [0.15, 0.2) is 0 Å². The largest absolute Gasteiger partial charge is 0.465 e. The fourth-order valence-electron chi connectivity index (χ4n) is 1.49. The standard InChI is InChI=1S/C11H23NO2/c1-5-8-12(9-6-2)10(4)11(13)14-7-3/h10H,5-9H2,1-4H3. The van der Waals surface area contributed by atoms with Crippen LogP contribution in [0.25, 0.3) is 0 Å². The number of hydrogen-bond acceptors (Lipinski definition) is 3. The molecule has 0 amide bonds. The third-order valence-corrected chi connectivity index (χ3v) is 2.20. The molecule has 3 heteroatoms. The molecular formula is C11H23NO2. The van der Waals surface area contributed by atoms with Gasteiger partial charge in [-0.25, -0.2) is 0 Å². The van der Waals surface area contributed by atoms with Crippen molar-refractivity contribution in [1.82, 2.24) is 4.90 Å². The van der Waals surface area contributed by atoms with E-state index < -0.39 is 0 Å². The van der Waals surface area contributed by atoms with Gasteiger partial charge in [-0.3, -0.25) is 9.69 Å².